The third-order valence-corrected chi connectivity index (χ3v) is 4.21. The molecule has 1 aromatic carbocycles. The highest BCUT2D eigenvalue weighted by Crippen LogP contribution is 2.30. The van der Waals surface area contributed by atoms with Crippen LogP contribution in [0.4, 0.5) is 26.5 Å². The molecule has 0 aliphatic rings. The van der Waals surface area contributed by atoms with Gasteiger partial charge in [-0.15, -0.1) is 0 Å². The van der Waals surface area contributed by atoms with Crippen LogP contribution in [0.2, 0.25) is 0 Å². The molecule has 3 heterocycles. The van der Waals surface area contributed by atoms with Crippen LogP contribution in [0.1, 0.15) is 5.56 Å². The van der Waals surface area contributed by atoms with E-state index in [0.29, 0.717) is 22.3 Å². The molecular weight excluding hydrogens is 377 g/mol. The van der Waals surface area contributed by atoms with Gasteiger partial charge in [-0.1, -0.05) is 18.2 Å². The first-order valence-electron chi connectivity index (χ1n) is 8.49. The average Bonchev–Trinajstić information content (AvgIpc) is 3.05. The van der Waals surface area contributed by atoms with Gasteiger partial charge in [-0.25, -0.2) is 28.8 Å². The Labute approximate surface area is 163 Å². The van der Waals surface area contributed by atoms with Gasteiger partial charge in [0.25, 0.3) is 0 Å². The van der Waals surface area contributed by atoms with Crippen LogP contribution < -0.4 is 22.5 Å². The van der Waals surface area contributed by atoms with Gasteiger partial charge in [-0.2, -0.15) is 5.10 Å². The maximum Gasteiger partial charge on any atom is 0.316 e. The first-order valence-corrected chi connectivity index (χ1v) is 8.49. The summed E-state index contributed by atoms with van der Waals surface area (Å²) < 4.78 is 15.6. The van der Waals surface area contributed by atoms with Gasteiger partial charge in [0.15, 0.2) is 23.1 Å². The lowest BCUT2D eigenvalue weighted by atomic mass is 10.2. The molecule has 0 atom stereocenters. The van der Waals surface area contributed by atoms with E-state index in [1.54, 1.807) is 41.2 Å². The SMILES string of the molecule is NC(=O)Nc1c(N)nc(-c2nn(Cc3ccccc3F)c3ncccc23)nc1N. The Morgan fingerprint density at radius 1 is 1.10 bits per heavy atom. The highest BCUT2D eigenvalue weighted by Gasteiger charge is 2.19. The molecule has 11 heteroatoms. The fourth-order valence-electron chi connectivity index (χ4n) is 2.93. The van der Waals surface area contributed by atoms with E-state index in [9.17, 15) is 9.18 Å². The Balaban J connectivity index is 1.83. The number of fused-ring (bicyclic) bond motifs is 1. The minimum atomic E-state index is -0.844. The number of carbonyl (C=O) groups is 1. The number of hydrogen-bond donors (Lipinski definition) is 4. The van der Waals surface area contributed by atoms with Crippen LogP contribution >= 0.6 is 0 Å². The van der Waals surface area contributed by atoms with Crippen molar-refractivity contribution in [3.05, 3.63) is 54.0 Å². The molecular formula is C18H16FN9O. The first kappa shape index (κ1) is 18.1. The second kappa shape index (κ2) is 7.03. The fourth-order valence-corrected chi connectivity index (χ4v) is 2.93. The molecule has 4 rings (SSSR count). The number of hydrogen-bond acceptors (Lipinski definition) is 7. The van der Waals surface area contributed by atoms with Gasteiger partial charge < -0.3 is 22.5 Å². The summed E-state index contributed by atoms with van der Waals surface area (Å²) in [6, 6.07) is 9.08. The van der Waals surface area contributed by atoms with Gasteiger partial charge in [-0.05, 0) is 18.2 Å². The minimum Gasteiger partial charge on any atom is -0.382 e. The second-order valence-electron chi connectivity index (χ2n) is 6.15. The van der Waals surface area contributed by atoms with E-state index in [4.69, 9.17) is 17.2 Å². The van der Waals surface area contributed by atoms with Gasteiger partial charge in [0, 0.05) is 11.8 Å². The quantitative estimate of drug-likeness (QED) is 0.410. The summed E-state index contributed by atoms with van der Waals surface area (Å²) in [6.07, 6.45) is 1.61. The smallest absolute Gasteiger partial charge is 0.316 e. The van der Waals surface area contributed by atoms with Crippen molar-refractivity contribution in [3.8, 4) is 11.5 Å². The number of benzene rings is 1. The van der Waals surface area contributed by atoms with Crippen LogP contribution in [0.25, 0.3) is 22.6 Å². The minimum absolute atomic E-state index is 0.0227. The Hall–Kier alpha value is -4.28. The van der Waals surface area contributed by atoms with Crippen LogP contribution in [0.5, 0.6) is 0 Å². The van der Waals surface area contributed by atoms with Crippen molar-refractivity contribution < 1.29 is 9.18 Å². The van der Waals surface area contributed by atoms with Crippen LogP contribution in [-0.2, 0) is 6.54 Å². The standard InChI is InChI=1S/C18H16FN9O/c19-11-6-2-1-4-9(11)8-28-17-10(5-3-7-23-17)12(27-28)16-25-14(20)13(15(21)26-16)24-18(22)29/h1-7H,8H2,(H3,22,24,29)(H4,20,21,25,26). The zero-order valence-electron chi connectivity index (χ0n) is 15.0. The third kappa shape index (κ3) is 3.36. The molecule has 4 aromatic rings. The Morgan fingerprint density at radius 2 is 1.83 bits per heavy atom. The van der Waals surface area contributed by atoms with E-state index in [2.05, 4.69) is 25.4 Å². The number of halogens is 1. The fraction of sp³-hybridized carbons (Fsp3) is 0.0556. The van der Waals surface area contributed by atoms with Gasteiger partial charge in [-0.3, -0.25) is 0 Å². The number of aromatic nitrogens is 5. The number of primary amides is 1. The molecule has 0 spiro atoms. The summed E-state index contributed by atoms with van der Waals surface area (Å²) in [5, 5.41) is 7.43. The highest BCUT2D eigenvalue weighted by molar-refractivity contribution is 5.96. The molecule has 29 heavy (non-hydrogen) atoms. The van der Waals surface area contributed by atoms with Gasteiger partial charge in [0.05, 0.1) is 11.9 Å². The van der Waals surface area contributed by atoms with Crippen molar-refractivity contribution >= 4 is 34.4 Å². The van der Waals surface area contributed by atoms with E-state index >= 15 is 0 Å². The maximum atomic E-state index is 14.1. The monoisotopic (exact) mass is 393 g/mol. The molecule has 0 saturated heterocycles. The van der Waals surface area contributed by atoms with Crippen molar-refractivity contribution in [2.45, 2.75) is 6.54 Å². The second-order valence-corrected chi connectivity index (χ2v) is 6.15. The molecule has 146 valence electrons. The summed E-state index contributed by atoms with van der Waals surface area (Å²) >= 11 is 0. The lowest BCUT2D eigenvalue weighted by molar-refractivity contribution is 0.259. The Bertz CT molecular complexity index is 1210. The molecule has 10 nitrogen and oxygen atoms in total. The van der Waals surface area contributed by atoms with Crippen LogP contribution in [0.15, 0.2) is 42.6 Å². The molecule has 0 aliphatic carbocycles. The van der Waals surface area contributed by atoms with Crippen molar-refractivity contribution in [1.29, 1.82) is 0 Å². The number of amides is 2. The summed E-state index contributed by atoms with van der Waals surface area (Å²) in [7, 11) is 0. The normalized spacial score (nSPS) is 10.9. The van der Waals surface area contributed by atoms with Gasteiger partial charge in [0.1, 0.15) is 17.2 Å². The van der Waals surface area contributed by atoms with Gasteiger partial charge in [0.2, 0.25) is 0 Å². The number of nitrogens with two attached hydrogens (primary N) is 3. The number of urea groups is 1. The Kier molecular flexibility index (Phi) is 4.39. The van der Waals surface area contributed by atoms with Crippen molar-refractivity contribution in [3.63, 3.8) is 0 Å². The largest absolute Gasteiger partial charge is 0.382 e. The molecule has 0 bridgehead atoms. The molecule has 2 amide bonds. The van der Waals surface area contributed by atoms with Crippen molar-refractivity contribution in [1.82, 2.24) is 24.7 Å². The highest BCUT2D eigenvalue weighted by atomic mass is 19.1. The van der Waals surface area contributed by atoms with Crippen LogP contribution in [0, 0.1) is 5.82 Å². The number of pyridine rings is 1. The molecule has 0 aliphatic heterocycles. The zero-order valence-corrected chi connectivity index (χ0v) is 15.0. The number of anilines is 3. The van der Waals surface area contributed by atoms with Crippen LogP contribution in [-0.4, -0.2) is 30.8 Å². The number of carbonyl (C=O) groups excluding carboxylic acids is 1. The third-order valence-electron chi connectivity index (χ3n) is 4.21. The number of rotatable bonds is 4. The number of nitrogens with one attached hydrogen (secondary N) is 1. The van der Waals surface area contributed by atoms with E-state index in [1.807, 2.05) is 0 Å². The molecule has 0 fully saturated rings. The lowest BCUT2D eigenvalue weighted by Gasteiger charge is -2.09. The van der Waals surface area contributed by atoms with Gasteiger partial charge >= 0.3 is 6.03 Å². The summed E-state index contributed by atoms with van der Waals surface area (Å²) in [5.41, 5.74) is 18.3. The predicted molar refractivity (Wildman–Crippen MR) is 106 cm³/mol. The summed E-state index contributed by atoms with van der Waals surface area (Å²) in [4.78, 5) is 23.8. The number of nitrogen functional groups attached to an aromatic ring is 2. The lowest BCUT2D eigenvalue weighted by Crippen LogP contribution is -2.22. The van der Waals surface area contributed by atoms with E-state index in [0.717, 1.165) is 0 Å². The van der Waals surface area contributed by atoms with Crippen LogP contribution in [0.3, 0.4) is 0 Å². The van der Waals surface area contributed by atoms with E-state index in [-0.39, 0.29) is 35.5 Å². The van der Waals surface area contributed by atoms with Crippen molar-refractivity contribution in [2.75, 3.05) is 16.8 Å². The summed E-state index contributed by atoms with van der Waals surface area (Å²) in [5.74, 6) is -0.334. The van der Waals surface area contributed by atoms with E-state index < -0.39 is 6.03 Å². The molecule has 0 saturated carbocycles. The first-order chi connectivity index (χ1) is 13.9. The topological polar surface area (TPSA) is 164 Å². The molecule has 3 aromatic heterocycles. The predicted octanol–water partition coefficient (Wildman–Crippen LogP) is 1.73. The maximum absolute atomic E-state index is 14.1. The van der Waals surface area contributed by atoms with E-state index in [1.165, 1.54) is 6.07 Å². The average molecular weight is 393 g/mol. The zero-order chi connectivity index (χ0) is 20.5. The molecule has 7 N–H and O–H groups in total. The van der Waals surface area contributed by atoms with Crippen molar-refractivity contribution in [2.24, 2.45) is 5.73 Å². The summed E-state index contributed by atoms with van der Waals surface area (Å²) in [6.45, 7) is 0.159. The molecule has 0 radical (unpaired) electrons. The molecule has 0 unspecified atom stereocenters. The Morgan fingerprint density at radius 3 is 2.52 bits per heavy atom. The number of nitrogens with zero attached hydrogens (tertiary/aromatic N) is 5.